The Morgan fingerprint density at radius 2 is 2.05 bits per heavy atom. The molecule has 104 valence electrons. The summed E-state index contributed by atoms with van der Waals surface area (Å²) < 4.78 is 18.3. The van der Waals surface area contributed by atoms with E-state index in [2.05, 4.69) is 5.32 Å². The van der Waals surface area contributed by atoms with Crippen molar-refractivity contribution in [2.24, 2.45) is 0 Å². The van der Waals surface area contributed by atoms with Crippen LogP contribution in [0.25, 0.3) is 0 Å². The van der Waals surface area contributed by atoms with Gasteiger partial charge in [-0.25, -0.2) is 4.39 Å². The van der Waals surface area contributed by atoms with Gasteiger partial charge in [0.2, 0.25) is 0 Å². The number of aromatic hydroxyl groups is 1. The highest BCUT2D eigenvalue weighted by Gasteiger charge is 2.12. The molecule has 2 rings (SSSR count). The van der Waals surface area contributed by atoms with E-state index in [1.54, 1.807) is 19.1 Å². The van der Waals surface area contributed by atoms with Crippen LogP contribution in [0.1, 0.15) is 15.9 Å². The maximum atomic E-state index is 13.5. The van der Waals surface area contributed by atoms with Gasteiger partial charge in [-0.1, -0.05) is 6.07 Å². The minimum absolute atomic E-state index is 0.0788. The van der Waals surface area contributed by atoms with Crippen molar-refractivity contribution in [3.05, 3.63) is 53.3 Å². The molecule has 0 heterocycles. The molecule has 5 heteroatoms. The summed E-state index contributed by atoms with van der Waals surface area (Å²) in [6, 6.07) is 8.76. The van der Waals surface area contributed by atoms with Crippen molar-refractivity contribution in [1.29, 1.82) is 0 Å². The first-order chi connectivity index (χ1) is 9.52. The smallest absolute Gasteiger partial charge is 0.255 e. The van der Waals surface area contributed by atoms with Crippen molar-refractivity contribution in [2.45, 2.75) is 6.92 Å². The summed E-state index contributed by atoms with van der Waals surface area (Å²) in [4.78, 5) is 12.0. The van der Waals surface area contributed by atoms with Crippen LogP contribution in [0, 0.1) is 12.7 Å². The van der Waals surface area contributed by atoms with Crippen LogP contribution >= 0.6 is 0 Å². The highest BCUT2D eigenvalue weighted by atomic mass is 19.1. The van der Waals surface area contributed by atoms with Gasteiger partial charge in [-0.15, -0.1) is 0 Å². The molecule has 0 spiro atoms. The maximum Gasteiger partial charge on any atom is 0.255 e. The predicted octanol–water partition coefficient (Wildman–Crippen LogP) is 3.10. The molecule has 0 saturated heterocycles. The molecule has 20 heavy (non-hydrogen) atoms. The first-order valence-electron chi connectivity index (χ1n) is 5.96. The number of amides is 1. The zero-order chi connectivity index (χ0) is 14.7. The van der Waals surface area contributed by atoms with Gasteiger partial charge in [-0.2, -0.15) is 0 Å². The highest BCUT2D eigenvalue weighted by Crippen LogP contribution is 2.25. The number of hydrogen-bond acceptors (Lipinski definition) is 3. The lowest BCUT2D eigenvalue weighted by Crippen LogP contribution is -2.13. The summed E-state index contributed by atoms with van der Waals surface area (Å²) in [5, 5.41) is 12.2. The SMILES string of the molecule is COc1ccc(C(=O)Nc2cccc(O)c2C)cc1F. The summed E-state index contributed by atoms with van der Waals surface area (Å²) in [6.45, 7) is 1.68. The Kier molecular flexibility index (Phi) is 3.89. The fourth-order valence-electron chi connectivity index (χ4n) is 1.76. The molecule has 0 unspecified atom stereocenters. The summed E-state index contributed by atoms with van der Waals surface area (Å²) in [7, 11) is 1.36. The Morgan fingerprint density at radius 1 is 1.30 bits per heavy atom. The first-order valence-corrected chi connectivity index (χ1v) is 5.96. The minimum Gasteiger partial charge on any atom is -0.508 e. The molecule has 4 nitrogen and oxygen atoms in total. The quantitative estimate of drug-likeness (QED) is 0.905. The zero-order valence-electron chi connectivity index (χ0n) is 11.1. The number of carbonyl (C=O) groups excluding carboxylic acids is 1. The number of nitrogens with one attached hydrogen (secondary N) is 1. The van der Waals surface area contributed by atoms with E-state index in [-0.39, 0.29) is 17.1 Å². The van der Waals surface area contributed by atoms with Gasteiger partial charge in [0.1, 0.15) is 5.75 Å². The number of rotatable bonds is 3. The third-order valence-electron chi connectivity index (χ3n) is 2.97. The number of ether oxygens (including phenoxy) is 1. The number of carbonyl (C=O) groups is 1. The third-order valence-corrected chi connectivity index (χ3v) is 2.97. The average molecular weight is 275 g/mol. The van der Waals surface area contributed by atoms with Crippen LogP contribution in [0.3, 0.4) is 0 Å². The summed E-state index contributed by atoms with van der Waals surface area (Å²) in [6.07, 6.45) is 0. The summed E-state index contributed by atoms with van der Waals surface area (Å²) in [5.41, 5.74) is 1.20. The van der Waals surface area contributed by atoms with E-state index in [0.29, 0.717) is 11.3 Å². The van der Waals surface area contributed by atoms with Crippen molar-refractivity contribution in [1.82, 2.24) is 0 Å². The number of anilines is 1. The lowest BCUT2D eigenvalue weighted by atomic mass is 10.1. The first kappa shape index (κ1) is 13.9. The average Bonchev–Trinajstić information content (AvgIpc) is 2.43. The van der Waals surface area contributed by atoms with Crippen LogP contribution in [0.2, 0.25) is 0 Å². The van der Waals surface area contributed by atoms with Crippen molar-refractivity contribution >= 4 is 11.6 Å². The van der Waals surface area contributed by atoms with E-state index in [1.165, 1.54) is 25.3 Å². The molecule has 2 aromatic rings. The van der Waals surface area contributed by atoms with E-state index in [9.17, 15) is 14.3 Å². The number of hydrogen-bond donors (Lipinski definition) is 2. The monoisotopic (exact) mass is 275 g/mol. The van der Waals surface area contributed by atoms with E-state index >= 15 is 0 Å². The molecule has 0 saturated carbocycles. The van der Waals surface area contributed by atoms with Crippen molar-refractivity contribution in [2.75, 3.05) is 12.4 Å². The fourth-order valence-corrected chi connectivity index (χ4v) is 1.76. The molecule has 0 aliphatic heterocycles. The van der Waals surface area contributed by atoms with Crippen LogP contribution in [0.15, 0.2) is 36.4 Å². The van der Waals surface area contributed by atoms with Crippen LogP contribution in [0.5, 0.6) is 11.5 Å². The Morgan fingerprint density at radius 3 is 2.70 bits per heavy atom. The van der Waals surface area contributed by atoms with E-state index in [1.807, 2.05) is 0 Å². The van der Waals surface area contributed by atoms with E-state index in [0.717, 1.165) is 6.07 Å². The van der Waals surface area contributed by atoms with Gasteiger partial charge in [0.15, 0.2) is 11.6 Å². The topological polar surface area (TPSA) is 58.6 Å². The molecule has 2 aromatic carbocycles. The third kappa shape index (κ3) is 2.71. The van der Waals surface area contributed by atoms with Gasteiger partial charge in [0.05, 0.1) is 7.11 Å². The summed E-state index contributed by atoms with van der Waals surface area (Å²) in [5.74, 6) is -0.896. The largest absolute Gasteiger partial charge is 0.508 e. The number of phenolic OH excluding ortho intramolecular Hbond substituents is 1. The number of benzene rings is 2. The molecular weight excluding hydrogens is 261 g/mol. The normalized spacial score (nSPS) is 10.2. The van der Waals surface area contributed by atoms with Gasteiger partial charge in [-0.3, -0.25) is 4.79 Å². The second-order valence-electron chi connectivity index (χ2n) is 4.25. The van der Waals surface area contributed by atoms with Gasteiger partial charge in [0, 0.05) is 16.8 Å². The molecule has 0 aromatic heterocycles. The molecule has 1 amide bonds. The molecule has 0 radical (unpaired) electrons. The second-order valence-corrected chi connectivity index (χ2v) is 4.25. The maximum absolute atomic E-state index is 13.5. The molecule has 0 aliphatic rings. The van der Waals surface area contributed by atoms with Gasteiger partial charge >= 0.3 is 0 Å². The van der Waals surface area contributed by atoms with Crippen molar-refractivity contribution in [3.63, 3.8) is 0 Å². The lowest BCUT2D eigenvalue weighted by Gasteiger charge is -2.10. The van der Waals surface area contributed by atoms with E-state index < -0.39 is 11.7 Å². The number of halogens is 1. The van der Waals surface area contributed by atoms with Crippen molar-refractivity contribution < 1.29 is 19.0 Å². The van der Waals surface area contributed by atoms with Crippen LogP contribution < -0.4 is 10.1 Å². The number of phenols is 1. The van der Waals surface area contributed by atoms with Gasteiger partial charge in [-0.05, 0) is 37.3 Å². The summed E-state index contributed by atoms with van der Waals surface area (Å²) >= 11 is 0. The molecule has 0 aliphatic carbocycles. The highest BCUT2D eigenvalue weighted by molar-refractivity contribution is 6.04. The molecular formula is C15H14FNO3. The number of methoxy groups -OCH3 is 1. The van der Waals surface area contributed by atoms with Crippen LogP contribution in [-0.2, 0) is 0 Å². The molecule has 0 fully saturated rings. The van der Waals surface area contributed by atoms with Gasteiger partial charge in [0.25, 0.3) is 5.91 Å². The Balaban J connectivity index is 2.24. The van der Waals surface area contributed by atoms with Crippen LogP contribution in [0.4, 0.5) is 10.1 Å². The van der Waals surface area contributed by atoms with Crippen LogP contribution in [-0.4, -0.2) is 18.1 Å². The Bertz CT molecular complexity index is 656. The van der Waals surface area contributed by atoms with E-state index in [4.69, 9.17) is 4.74 Å². The minimum atomic E-state index is -0.604. The Hall–Kier alpha value is -2.56. The Labute approximate surface area is 115 Å². The second kappa shape index (κ2) is 5.61. The predicted molar refractivity (Wildman–Crippen MR) is 73.7 cm³/mol. The standard InChI is InChI=1S/C15H14FNO3/c1-9-12(4-3-5-13(9)18)17-15(19)10-6-7-14(20-2)11(16)8-10/h3-8,18H,1-2H3,(H,17,19). The molecule has 0 atom stereocenters. The zero-order valence-corrected chi connectivity index (χ0v) is 11.1. The lowest BCUT2D eigenvalue weighted by molar-refractivity contribution is 0.102. The molecule has 2 N–H and O–H groups in total. The fraction of sp³-hybridized carbons (Fsp3) is 0.133. The van der Waals surface area contributed by atoms with Gasteiger partial charge < -0.3 is 15.2 Å². The molecule has 0 bridgehead atoms. The van der Waals surface area contributed by atoms with Crippen molar-refractivity contribution in [3.8, 4) is 11.5 Å².